The number of thiophene rings is 2. The first kappa shape index (κ1) is 14.3. The lowest BCUT2D eigenvalue weighted by atomic mass is 9.94. The van der Waals surface area contributed by atoms with Crippen molar-refractivity contribution in [1.82, 2.24) is 5.32 Å². The van der Waals surface area contributed by atoms with Crippen molar-refractivity contribution < 1.29 is 0 Å². The maximum absolute atomic E-state index is 3.76. The van der Waals surface area contributed by atoms with Crippen LogP contribution >= 0.6 is 22.7 Å². The second-order valence-corrected chi connectivity index (χ2v) is 8.81. The van der Waals surface area contributed by atoms with Gasteiger partial charge in [-0.15, -0.1) is 22.7 Å². The quantitative estimate of drug-likeness (QED) is 0.814. The smallest absolute Gasteiger partial charge is 0.0334 e. The first-order valence-electron chi connectivity index (χ1n) is 7.43. The van der Waals surface area contributed by atoms with Gasteiger partial charge in [-0.25, -0.2) is 0 Å². The number of nitrogens with one attached hydrogen (secondary N) is 1. The van der Waals surface area contributed by atoms with Crippen molar-refractivity contribution in [2.75, 3.05) is 0 Å². The number of aryl methyl sites for hydroxylation is 1. The first-order valence-corrected chi connectivity index (χ1v) is 9.12. The molecule has 0 aliphatic heterocycles. The summed E-state index contributed by atoms with van der Waals surface area (Å²) in [6.07, 6.45) is 3.88. The summed E-state index contributed by atoms with van der Waals surface area (Å²) in [5, 5.41) is 6.01. The third kappa shape index (κ3) is 3.00. The topological polar surface area (TPSA) is 12.0 Å². The fourth-order valence-electron chi connectivity index (χ4n) is 2.80. The molecule has 1 aliphatic rings. The third-order valence-corrected chi connectivity index (χ3v) is 6.48. The Morgan fingerprint density at radius 2 is 2.10 bits per heavy atom. The van der Waals surface area contributed by atoms with Crippen molar-refractivity contribution in [3.05, 3.63) is 43.8 Å². The molecule has 1 aliphatic carbocycles. The lowest BCUT2D eigenvalue weighted by molar-refractivity contribution is 0.465. The highest BCUT2D eigenvalue weighted by molar-refractivity contribution is 7.12. The minimum atomic E-state index is 0.272. The highest BCUT2D eigenvalue weighted by atomic mass is 32.1. The second-order valence-electron chi connectivity index (χ2n) is 6.64. The van der Waals surface area contributed by atoms with Crippen LogP contribution in [0.3, 0.4) is 0 Å². The molecule has 1 N–H and O–H groups in total. The monoisotopic (exact) mass is 305 g/mol. The van der Waals surface area contributed by atoms with E-state index in [1.807, 2.05) is 22.7 Å². The van der Waals surface area contributed by atoms with Crippen molar-refractivity contribution in [3.8, 4) is 0 Å². The number of rotatable bonds is 3. The summed E-state index contributed by atoms with van der Waals surface area (Å²) in [7, 11) is 0. The molecule has 108 valence electrons. The lowest BCUT2D eigenvalue weighted by Crippen LogP contribution is -2.23. The molecule has 20 heavy (non-hydrogen) atoms. The summed E-state index contributed by atoms with van der Waals surface area (Å²) in [5.41, 5.74) is 1.82. The number of hydrogen-bond acceptors (Lipinski definition) is 3. The van der Waals surface area contributed by atoms with E-state index in [0.717, 1.165) is 6.54 Å². The Balaban J connectivity index is 1.65. The molecule has 2 aromatic rings. The third-order valence-electron chi connectivity index (χ3n) is 3.98. The van der Waals surface area contributed by atoms with Crippen molar-refractivity contribution in [2.45, 2.75) is 58.0 Å². The molecule has 0 fully saturated rings. The van der Waals surface area contributed by atoms with Gasteiger partial charge in [-0.3, -0.25) is 0 Å². The average Bonchev–Trinajstić information content (AvgIpc) is 3.04. The SMILES string of the molecule is CC(C)(C)c1ccc(CNC2CCCc3sccc32)s1. The zero-order valence-corrected chi connectivity index (χ0v) is 14.2. The zero-order chi connectivity index (χ0) is 14.2. The highest BCUT2D eigenvalue weighted by Gasteiger charge is 2.21. The Morgan fingerprint density at radius 1 is 1.25 bits per heavy atom. The molecule has 2 heterocycles. The summed E-state index contributed by atoms with van der Waals surface area (Å²) in [5.74, 6) is 0. The molecule has 0 saturated carbocycles. The van der Waals surface area contributed by atoms with Crippen molar-refractivity contribution in [3.63, 3.8) is 0 Å². The van der Waals surface area contributed by atoms with Gasteiger partial charge < -0.3 is 5.32 Å². The second kappa shape index (κ2) is 5.63. The van der Waals surface area contributed by atoms with Crippen LogP contribution in [0.5, 0.6) is 0 Å². The number of hydrogen-bond donors (Lipinski definition) is 1. The van der Waals surface area contributed by atoms with Crippen molar-refractivity contribution in [1.29, 1.82) is 0 Å². The van der Waals surface area contributed by atoms with E-state index >= 15 is 0 Å². The van der Waals surface area contributed by atoms with Gasteiger partial charge in [0.1, 0.15) is 0 Å². The van der Waals surface area contributed by atoms with Gasteiger partial charge in [0.15, 0.2) is 0 Å². The molecule has 2 aromatic heterocycles. The van der Waals surface area contributed by atoms with Gasteiger partial charge >= 0.3 is 0 Å². The Labute approximate surface area is 130 Å². The van der Waals surface area contributed by atoms with Gasteiger partial charge in [0.05, 0.1) is 0 Å². The average molecular weight is 306 g/mol. The predicted octanol–water partition coefficient (Wildman–Crippen LogP) is 5.27. The Hall–Kier alpha value is -0.640. The fourth-order valence-corrected chi connectivity index (χ4v) is 4.80. The van der Waals surface area contributed by atoms with Gasteiger partial charge in [0.2, 0.25) is 0 Å². The standard InChI is InChI=1S/C17H23NS2/c1-17(2,3)16-8-7-12(20-16)11-18-14-5-4-6-15-13(14)9-10-19-15/h7-10,14,18H,4-6,11H2,1-3H3. The molecule has 1 atom stereocenters. The van der Waals surface area contributed by atoms with E-state index in [4.69, 9.17) is 0 Å². The van der Waals surface area contributed by atoms with Gasteiger partial charge in [0, 0.05) is 27.2 Å². The van der Waals surface area contributed by atoms with Crippen LogP contribution in [0, 0.1) is 0 Å². The van der Waals surface area contributed by atoms with E-state index in [9.17, 15) is 0 Å². The normalized spacial score (nSPS) is 19.1. The van der Waals surface area contributed by atoms with E-state index in [0.29, 0.717) is 6.04 Å². The van der Waals surface area contributed by atoms with Crippen LogP contribution in [-0.2, 0) is 18.4 Å². The van der Waals surface area contributed by atoms with Gasteiger partial charge in [0.25, 0.3) is 0 Å². The van der Waals surface area contributed by atoms with Crippen LogP contribution < -0.4 is 5.32 Å². The van der Waals surface area contributed by atoms with Crippen LogP contribution in [0.2, 0.25) is 0 Å². The Kier molecular flexibility index (Phi) is 4.02. The van der Waals surface area contributed by atoms with Gasteiger partial charge in [-0.2, -0.15) is 0 Å². The van der Waals surface area contributed by atoms with E-state index in [1.54, 1.807) is 10.4 Å². The first-order chi connectivity index (χ1) is 9.54. The number of fused-ring (bicyclic) bond motifs is 1. The molecule has 3 rings (SSSR count). The van der Waals surface area contributed by atoms with E-state index < -0.39 is 0 Å². The van der Waals surface area contributed by atoms with Crippen LogP contribution in [0.4, 0.5) is 0 Å². The fraction of sp³-hybridized carbons (Fsp3) is 0.529. The van der Waals surface area contributed by atoms with Gasteiger partial charge in [-0.05, 0) is 53.8 Å². The molecule has 0 amide bonds. The summed E-state index contributed by atoms with van der Waals surface area (Å²) in [6, 6.07) is 7.45. The van der Waals surface area contributed by atoms with Crippen LogP contribution in [0.1, 0.15) is 59.8 Å². The minimum Gasteiger partial charge on any atom is -0.305 e. The van der Waals surface area contributed by atoms with Crippen molar-refractivity contribution >= 4 is 22.7 Å². The maximum Gasteiger partial charge on any atom is 0.0334 e. The molecular formula is C17H23NS2. The van der Waals surface area contributed by atoms with Gasteiger partial charge in [-0.1, -0.05) is 20.8 Å². The van der Waals surface area contributed by atoms with Crippen LogP contribution in [-0.4, -0.2) is 0 Å². The van der Waals surface area contributed by atoms with E-state index in [-0.39, 0.29) is 5.41 Å². The molecule has 0 aromatic carbocycles. The highest BCUT2D eigenvalue weighted by Crippen LogP contribution is 2.34. The zero-order valence-electron chi connectivity index (χ0n) is 12.5. The molecule has 3 heteroatoms. The van der Waals surface area contributed by atoms with Crippen LogP contribution in [0.25, 0.3) is 0 Å². The summed E-state index contributed by atoms with van der Waals surface area (Å²) >= 11 is 3.87. The molecule has 1 unspecified atom stereocenters. The van der Waals surface area contributed by atoms with Crippen LogP contribution in [0.15, 0.2) is 23.6 Å². The lowest BCUT2D eigenvalue weighted by Gasteiger charge is -2.23. The largest absolute Gasteiger partial charge is 0.305 e. The molecule has 0 spiro atoms. The summed E-state index contributed by atoms with van der Waals surface area (Å²) in [4.78, 5) is 4.53. The van der Waals surface area contributed by atoms with E-state index in [1.165, 1.54) is 29.0 Å². The Bertz CT molecular complexity index is 574. The van der Waals surface area contributed by atoms with E-state index in [2.05, 4.69) is 49.7 Å². The molecular weight excluding hydrogens is 282 g/mol. The Morgan fingerprint density at radius 3 is 2.85 bits per heavy atom. The summed E-state index contributed by atoms with van der Waals surface area (Å²) in [6.45, 7) is 7.86. The maximum atomic E-state index is 3.76. The molecule has 0 radical (unpaired) electrons. The summed E-state index contributed by atoms with van der Waals surface area (Å²) < 4.78 is 0. The molecule has 0 bridgehead atoms. The minimum absolute atomic E-state index is 0.272. The predicted molar refractivity (Wildman–Crippen MR) is 89.9 cm³/mol. The molecule has 0 saturated heterocycles. The van der Waals surface area contributed by atoms with Crippen molar-refractivity contribution in [2.24, 2.45) is 0 Å². The molecule has 1 nitrogen and oxygen atoms in total.